The molecule has 0 atom stereocenters. The number of ketones is 2. The van der Waals surface area contributed by atoms with Crippen molar-refractivity contribution in [1.82, 2.24) is 0 Å². The van der Waals surface area contributed by atoms with E-state index >= 15 is 0 Å². The van der Waals surface area contributed by atoms with Gasteiger partial charge in [0, 0.05) is 0 Å². The Morgan fingerprint density at radius 3 is 1.23 bits per heavy atom. The molecule has 0 aliphatic heterocycles. The lowest BCUT2D eigenvalue weighted by Crippen LogP contribution is -2.14. The molecule has 0 unspecified atom stereocenters. The molecule has 0 radical (unpaired) electrons. The van der Waals surface area contributed by atoms with E-state index in [2.05, 4.69) is 0 Å². The summed E-state index contributed by atoms with van der Waals surface area (Å²) >= 11 is 0. The monoisotopic (exact) mass is 188 g/mol. The maximum absolute atomic E-state index is 10.7. The highest BCUT2D eigenvalue weighted by Gasteiger charge is 2.14. The lowest BCUT2D eigenvalue weighted by molar-refractivity contribution is -0.141. The summed E-state index contributed by atoms with van der Waals surface area (Å²) in [5.74, 6) is -4.21. The Morgan fingerprint density at radius 2 is 1.00 bits per heavy atom. The number of hydrogen-bond donors (Lipinski definition) is 2. The van der Waals surface area contributed by atoms with Gasteiger partial charge in [-0.2, -0.15) is 0 Å². The van der Waals surface area contributed by atoms with Crippen LogP contribution >= 0.6 is 0 Å². The van der Waals surface area contributed by atoms with Crippen LogP contribution in [-0.4, -0.2) is 33.7 Å². The zero-order valence-corrected chi connectivity index (χ0v) is 6.65. The van der Waals surface area contributed by atoms with Crippen LogP contribution in [0.15, 0.2) is 0 Å². The van der Waals surface area contributed by atoms with E-state index in [1.54, 1.807) is 0 Å². The lowest BCUT2D eigenvalue weighted by atomic mass is 10.1. The molecule has 0 bridgehead atoms. The van der Waals surface area contributed by atoms with Crippen molar-refractivity contribution in [3.05, 3.63) is 0 Å². The molecule has 0 aliphatic rings. The molecule has 0 aliphatic carbocycles. The van der Waals surface area contributed by atoms with E-state index in [4.69, 9.17) is 10.2 Å². The number of carbonyl (C=O) groups is 4. The summed E-state index contributed by atoms with van der Waals surface area (Å²) < 4.78 is 0. The van der Waals surface area contributed by atoms with Gasteiger partial charge in [0.1, 0.15) is 12.8 Å². The van der Waals surface area contributed by atoms with Crippen molar-refractivity contribution in [2.45, 2.75) is 19.3 Å². The molecule has 6 nitrogen and oxygen atoms in total. The van der Waals surface area contributed by atoms with Crippen LogP contribution in [-0.2, 0) is 19.2 Å². The van der Waals surface area contributed by atoms with E-state index in [9.17, 15) is 19.2 Å². The van der Waals surface area contributed by atoms with Crippen molar-refractivity contribution in [3.8, 4) is 0 Å². The number of aliphatic carboxylic acids is 2. The fourth-order valence-electron chi connectivity index (χ4n) is 0.682. The van der Waals surface area contributed by atoms with Crippen LogP contribution in [0.3, 0.4) is 0 Å². The topological polar surface area (TPSA) is 109 Å². The molecular formula is C7H8O6. The Kier molecular flexibility index (Phi) is 4.36. The van der Waals surface area contributed by atoms with Crippen molar-refractivity contribution < 1.29 is 29.4 Å². The molecule has 0 aromatic heterocycles. The highest BCUT2D eigenvalue weighted by molar-refractivity contribution is 6.08. The van der Waals surface area contributed by atoms with Gasteiger partial charge in [0.25, 0.3) is 0 Å². The fourth-order valence-corrected chi connectivity index (χ4v) is 0.682. The first-order valence-electron chi connectivity index (χ1n) is 3.39. The van der Waals surface area contributed by atoms with Gasteiger partial charge in [-0.3, -0.25) is 19.2 Å². The highest BCUT2D eigenvalue weighted by Crippen LogP contribution is 1.95. The molecule has 72 valence electrons. The Balaban J connectivity index is 3.85. The minimum absolute atomic E-state index is 0.626. The minimum atomic E-state index is -1.33. The highest BCUT2D eigenvalue weighted by atomic mass is 16.4. The second-order valence-corrected chi connectivity index (χ2v) is 2.40. The van der Waals surface area contributed by atoms with Gasteiger partial charge in [0.05, 0.1) is 6.42 Å². The number of Topliss-reactive ketones (excluding diaryl/α,β-unsaturated/α-hetero) is 2. The largest absolute Gasteiger partial charge is 0.481 e. The Hall–Kier alpha value is -1.72. The third kappa shape index (κ3) is 6.67. The Bertz CT molecular complexity index is 228. The third-order valence-corrected chi connectivity index (χ3v) is 1.09. The van der Waals surface area contributed by atoms with Crippen LogP contribution in [0.5, 0.6) is 0 Å². The van der Waals surface area contributed by atoms with Gasteiger partial charge < -0.3 is 10.2 Å². The molecule has 13 heavy (non-hydrogen) atoms. The van der Waals surface area contributed by atoms with Gasteiger partial charge in [-0.15, -0.1) is 0 Å². The van der Waals surface area contributed by atoms with Gasteiger partial charge in [0.2, 0.25) is 0 Å². The predicted octanol–water partition coefficient (Wildman–Crippen LogP) is -0.536. The van der Waals surface area contributed by atoms with Crippen LogP contribution < -0.4 is 0 Å². The average molecular weight is 188 g/mol. The molecule has 0 heterocycles. The average Bonchev–Trinajstić information content (AvgIpc) is 1.80. The molecule has 0 fully saturated rings. The first-order valence-corrected chi connectivity index (χ1v) is 3.39. The molecule has 2 N–H and O–H groups in total. The number of carboxylic acid groups (broad SMARTS) is 2. The van der Waals surface area contributed by atoms with Crippen molar-refractivity contribution in [3.63, 3.8) is 0 Å². The van der Waals surface area contributed by atoms with Crippen LogP contribution in [0.25, 0.3) is 0 Å². The van der Waals surface area contributed by atoms with Gasteiger partial charge in [-0.25, -0.2) is 0 Å². The van der Waals surface area contributed by atoms with E-state index < -0.39 is 42.8 Å². The predicted molar refractivity (Wildman–Crippen MR) is 39.1 cm³/mol. The minimum Gasteiger partial charge on any atom is -0.481 e. The molecule has 0 rings (SSSR count). The van der Waals surface area contributed by atoms with Crippen molar-refractivity contribution in [2.75, 3.05) is 0 Å². The standard InChI is InChI=1S/C7H8O6/c8-4(2-6(10)11)1-5(9)3-7(12)13/h1-3H2,(H,10,11)(H,12,13). The number of rotatable bonds is 6. The van der Waals surface area contributed by atoms with Gasteiger partial charge in [0.15, 0.2) is 11.6 Å². The summed E-state index contributed by atoms with van der Waals surface area (Å²) in [6.45, 7) is 0. The molecule has 0 saturated heterocycles. The maximum atomic E-state index is 10.7. The molecule has 0 saturated carbocycles. The summed E-state index contributed by atoms with van der Waals surface area (Å²) in [6.07, 6.45) is -2.12. The summed E-state index contributed by atoms with van der Waals surface area (Å²) in [5.41, 5.74) is 0. The molecular weight excluding hydrogens is 180 g/mol. The summed E-state index contributed by atoms with van der Waals surface area (Å²) in [5, 5.41) is 16.3. The number of carbonyl (C=O) groups excluding carboxylic acids is 2. The van der Waals surface area contributed by atoms with Crippen LogP contribution in [0.1, 0.15) is 19.3 Å². The first-order chi connectivity index (χ1) is 5.91. The normalized spacial score (nSPS) is 9.23. The second kappa shape index (κ2) is 5.02. The van der Waals surface area contributed by atoms with Crippen molar-refractivity contribution in [2.24, 2.45) is 0 Å². The van der Waals surface area contributed by atoms with Gasteiger partial charge >= 0.3 is 11.9 Å². The van der Waals surface area contributed by atoms with E-state index in [0.29, 0.717) is 0 Å². The first kappa shape index (κ1) is 11.3. The zero-order valence-electron chi connectivity index (χ0n) is 6.65. The van der Waals surface area contributed by atoms with Crippen LogP contribution in [0.2, 0.25) is 0 Å². The quantitative estimate of drug-likeness (QED) is 0.542. The molecule has 6 heteroatoms. The maximum Gasteiger partial charge on any atom is 0.310 e. The van der Waals surface area contributed by atoms with E-state index in [1.807, 2.05) is 0 Å². The molecule has 0 amide bonds. The number of carboxylic acids is 2. The lowest BCUT2D eigenvalue weighted by Gasteiger charge is -1.94. The van der Waals surface area contributed by atoms with E-state index in [-0.39, 0.29) is 0 Å². The fraction of sp³-hybridized carbons (Fsp3) is 0.429. The smallest absolute Gasteiger partial charge is 0.310 e. The summed E-state index contributed by atoms with van der Waals surface area (Å²) in [4.78, 5) is 41.2. The van der Waals surface area contributed by atoms with Crippen molar-refractivity contribution in [1.29, 1.82) is 0 Å². The van der Waals surface area contributed by atoms with Crippen molar-refractivity contribution >= 4 is 23.5 Å². The van der Waals surface area contributed by atoms with Gasteiger partial charge in [-0.05, 0) is 0 Å². The van der Waals surface area contributed by atoms with Crippen LogP contribution in [0, 0.1) is 0 Å². The SMILES string of the molecule is O=C(O)CC(=O)CC(=O)CC(=O)O. The van der Waals surface area contributed by atoms with E-state index in [1.165, 1.54) is 0 Å². The summed E-state index contributed by atoms with van der Waals surface area (Å²) in [7, 11) is 0. The Morgan fingerprint density at radius 1 is 0.692 bits per heavy atom. The molecule has 0 aromatic carbocycles. The number of hydrogen-bond acceptors (Lipinski definition) is 4. The van der Waals surface area contributed by atoms with Crippen LogP contribution in [0.4, 0.5) is 0 Å². The molecule has 0 aromatic rings. The van der Waals surface area contributed by atoms with E-state index in [0.717, 1.165) is 0 Å². The second-order valence-electron chi connectivity index (χ2n) is 2.40. The Labute approximate surface area is 73.2 Å². The third-order valence-electron chi connectivity index (χ3n) is 1.09. The van der Waals surface area contributed by atoms with Gasteiger partial charge in [-0.1, -0.05) is 0 Å². The summed E-state index contributed by atoms with van der Waals surface area (Å²) in [6, 6.07) is 0. The zero-order chi connectivity index (χ0) is 10.4. The molecule has 0 spiro atoms.